The van der Waals surface area contributed by atoms with Crippen LogP contribution in [0.5, 0.6) is 5.75 Å². The highest BCUT2D eigenvalue weighted by Gasteiger charge is 2.06. The van der Waals surface area contributed by atoms with Crippen molar-refractivity contribution in [2.75, 3.05) is 13.2 Å². The molecule has 108 valence electrons. The number of ether oxygens (including phenoxy) is 1. The zero-order valence-electron chi connectivity index (χ0n) is 11.2. The Bertz CT molecular complexity index is 723. The summed E-state index contributed by atoms with van der Waals surface area (Å²) in [4.78, 5) is 12.6. The number of hydrogen-bond donors (Lipinski definition) is 1. The lowest BCUT2D eigenvalue weighted by Crippen LogP contribution is -2.30. The summed E-state index contributed by atoms with van der Waals surface area (Å²) in [6, 6.07) is 9.28. The van der Waals surface area contributed by atoms with Crippen LogP contribution in [0.4, 0.5) is 0 Å². The molecule has 7 heteroatoms. The fourth-order valence-corrected chi connectivity index (χ4v) is 2.75. The van der Waals surface area contributed by atoms with Gasteiger partial charge in [0, 0.05) is 24.0 Å². The van der Waals surface area contributed by atoms with E-state index in [0.717, 1.165) is 17.1 Å². The molecule has 2 heterocycles. The summed E-state index contributed by atoms with van der Waals surface area (Å²) in [6.45, 7) is 0.580. The van der Waals surface area contributed by atoms with Crippen LogP contribution in [0.15, 0.2) is 42.0 Å². The number of amides is 1. The number of nitrogens with zero attached hydrogens (tertiary/aromatic N) is 3. The number of rotatable bonds is 6. The number of fused-ring (bicyclic) bond motifs is 1. The molecule has 0 bridgehead atoms. The van der Waals surface area contributed by atoms with E-state index < -0.39 is 0 Å². The number of benzene rings is 1. The molecule has 1 aromatic carbocycles. The Morgan fingerprint density at radius 2 is 2.19 bits per heavy atom. The maximum atomic E-state index is 11.7. The van der Waals surface area contributed by atoms with Crippen molar-refractivity contribution in [2.24, 2.45) is 0 Å². The van der Waals surface area contributed by atoms with Crippen molar-refractivity contribution in [3.63, 3.8) is 0 Å². The summed E-state index contributed by atoms with van der Waals surface area (Å²) >= 11 is 1.54. The molecule has 1 N–H and O–H groups in total. The van der Waals surface area contributed by atoms with Crippen LogP contribution in [0.1, 0.15) is 5.69 Å². The largest absolute Gasteiger partial charge is 0.484 e. The molecule has 0 aliphatic rings. The van der Waals surface area contributed by atoms with Crippen LogP contribution in [0.2, 0.25) is 0 Å². The van der Waals surface area contributed by atoms with Crippen molar-refractivity contribution < 1.29 is 9.53 Å². The molecule has 21 heavy (non-hydrogen) atoms. The first kappa shape index (κ1) is 13.6. The third-order valence-corrected chi connectivity index (χ3v) is 3.82. The number of carbonyl (C=O) groups excluding carboxylic acids is 1. The molecule has 3 rings (SSSR count). The minimum Gasteiger partial charge on any atom is -0.484 e. The van der Waals surface area contributed by atoms with Gasteiger partial charge in [0.25, 0.3) is 5.91 Å². The first-order valence-corrected chi connectivity index (χ1v) is 7.41. The van der Waals surface area contributed by atoms with Crippen LogP contribution < -0.4 is 10.1 Å². The molecular weight excluding hydrogens is 288 g/mol. The minimum absolute atomic E-state index is 0.0235. The van der Waals surface area contributed by atoms with Crippen LogP contribution in [-0.4, -0.2) is 33.7 Å². The molecule has 0 atom stereocenters. The fourth-order valence-electron chi connectivity index (χ4n) is 1.91. The predicted octanol–water partition coefficient (Wildman–Crippen LogP) is 1.53. The predicted molar refractivity (Wildman–Crippen MR) is 79.5 cm³/mol. The molecule has 0 unspecified atom stereocenters. The maximum absolute atomic E-state index is 11.7. The van der Waals surface area contributed by atoms with E-state index in [1.165, 1.54) is 11.3 Å². The van der Waals surface area contributed by atoms with E-state index in [0.29, 0.717) is 12.3 Å². The number of para-hydroxylation sites is 1. The van der Waals surface area contributed by atoms with Gasteiger partial charge in [-0.1, -0.05) is 18.2 Å². The molecule has 0 saturated carbocycles. The zero-order chi connectivity index (χ0) is 14.5. The smallest absolute Gasteiger partial charge is 0.257 e. The van der Waals surface area contributed by atoms with Gasteiger partial charge in [0.15, 0.2) is 6.61 Å². The zero-order valence-corrected chi connectivity index (χ0v) is 12.0. The van der Waals surface area contributed by atoms with Gasteiger partial charge in [0.05, 0.1) is 0 Å². The van der Waals surface area contributed by atoms with Gasteiger partial charge in [-0.05, 0) is 12.1 Å². The van der Waals surface area contributed by atoms with Crippen LogP contribution in [0.25, 0.3) is 4.96 Å². The average molecular weight is 302 g/mol. The molecule has 0 radical (unpaired) electrons. The maximum Gasteiger partial charge on any atom is 0.257 e. The standard InChI is InChI=1S/C14H14N4O2S/c19-13(8-20-12-4-2-1-3-5-12)15-7-6-11-9-21-14-17-16-10-18(11)14/h1-5,9-10H,6-8H2,(H,15,19). The fraction of sp³-hybridized carbons (Fsp3) is 0.214. The minimum atomic E-state index is -0.130. The van der Waals surface area contributed by atoms with Gasteiger partial charge in [-0.2, -0.15) is 0 Å². The summed E-state index contributed by atoms with van der Waals surface area (Å²) < 4.78 is 7.31. The van der Waals surface area contributed by atoms with E-state index in [-0.39, 0.29) is 12.5 Å². The molecule has 2 aromatic heterocycles. The van der Waals surface area contributed by atoms with Crippen molar-refractivity contribution in [1.82, 2.24) is 19.9 Å². The number of nitrogens with one attached hydrogen (secondary N) is 1. The van der Waals surface area contributed by atoms with Gasteiger partial charge in [-0.15, -0.1) is 21.5 Å². The van der Waals surface area contributed by atoms with Crippen molar-refractivity contribution in [3.05, 3.63) is 47.7 Å². The first-order valence-electron chi connectivity index (χ1n) is 6.53. The van der Waals surface area contributed by atoms with E-state index in [1.54, 1.807) is 6.33 Å². The Hall–Kier alpha value is -2.41. The lowest BCUT2D eigenvalue weighted by atomic mass is 10.3. The molecule has 0 aliphatic carbocycles. The van der Waals surface area contributed by atoms with E-state index in [1.807, 2.05) is 40.1 Å². The summed E-state index contributed by atoms with van der Waals surface area (Å²) in [5, 5.41) is 12.7. The molecule has 6 nitrogen and oxygen atoms in total. The summed E-state index contributed by atoms with van der Waals surface area (Å²) in [5.41, 5.74) is 1.09. The number of thiazole rings is 1. The average Bonchev–Trinajstić information content (AvgIpc) is 3.11. The highest BCUT2D eigenvalue weighted by molar-refractivity contribution is 7.15. The Balaban J connectivity index is 1.43. The van der Waals surface area contributed by atoms with Gasteiger partial charge < -0.3 is 10.1 Å². The van der Waals surface area contributed by atoms with Crippen molar-refractivity contribution >= 4 is 22.2 Å². The lowest BCUT2D eigenvalue weighted by Gasteiger charge is -2.07. The Labute approximate surface area is 125 Å². The van der Waals surface area contributed by atoms with Crippen LogP contribution in [0, 0.1) is 0 Å². The molecular formula is C14H14N4O2S. The van der Waals surface area contributed by atoms with E-state index in [9.17, 15) is 4.79 Å². The van der Waals surface area contributed by atoms with E-state index >= 15 is 0 Å². The molecule has 3 aromatic rings. The number of aromatic nitrogens is 3. The monoisotopic (exact) mass is 302 g/mol. The van der Waals surface area contributed by atoms with E-state index in [4.69, 9.17) is 4.74 Å². The van der Waals surface area contributed by atoms with Crippen molar-refractivity contribution in [2.45, 2.75) is 6.42 Å². The highest BCUT2D eigenvalue weighted by Crippen LogP contribution is 2.13. The molecule has 1 amide bonds. The molecule has 0 fully saturated rings. The van der Waals surface area contributed by atoms with Crippen molar-refractivity contribution in [3.8, 4) is 5.75 Å². The molecule has 0 aliphatic heterocycles. The second-order valence-corrected chi connectivity index (χ2v) is 5.25. The molecule has 0 spiro atoms. The second-order valence-electron chi connectivity index (χ2n) is 4.41. The van der Waals surface area contributed by atoms with Gasteiger partial charge in [0.1, 0.15) is 12.1 Å². The van der Waals surface area contributed by atoms with Gasteiger partial charge in [-0.3, -0.25) is 9.20 Å². The summed E-state index contributed by atoms with van der Waals surface area (Å²) in [5.74, 6) is 0.561. The quantitative estimate of drug-likeness (QED) is 0.750. The third-order valence-electron chi connectivity index (χ3n) is 2.94. The Morgan fingerprint density at radius 3 is 3.05 bits per heavy atom. The SMILES string of the molecule is O=C(COc1ccccc1)NCCc1csc2nncn12. The third kappa shape index (κ3) is 3.38. The lowest BCUT2D eigenvalue weighted by molar-refractivity contribution is -0.123. The van der Waals surface area contributed by atoms with Crippen LogP contribution >= 0.6 is 11.3 Å². The summed E-state index contributed by atoms with van der Waals surface area (Å²) in [7, 11) is 0. The highest BCUT2D eigenvalue weighted by atomic mass is 32.1. The Morgan fingerprint density at radius 1 is 1.33 bits per heavy atom. The second kappa shape index (κ2) is 6.36. The summed E-state index contributed by atoms with van der Waals surface area (Å²) in [6.07, 6.45) is 2.41. The van der Waals surface area contributed by atoms with Gasteiger partial charge in [-0.25, -0.2) is 0 Å². The van der Waals surface area contributed by atoms with Gasteiger partial charge in [0.2, 0.25) is 4.96 Å². The topological polar surface area (TPSA) is 68.5 Å². The van der Waals surface area contributed by atoms with Crippen LogP contribution in [0.3, 0.4) is 0 Å². The van der Waals surface area contributed by atoms with Crippen molar-refractivity contribution in [1.29, 1.82) is 0 Å². The first-order chi connectivity index (χ1) is 10.3. The van der Waals surface area contributed by atoms with E-state index in [2.05, 4.69) is 15.5 Å². The number of hydrogen-bond acceptors (Lipinski definition) is 5. The Kier molecular flexibility index (Phi) is 4.11. The molecule has 0 saturated heterocycles. The number of carbonyl (C=O) groups is 1. The normalized spacial score (nSPS) is 10.7. The van der Waals surface area contributed by atoms with Crippen LogP contribution in [-0.2, 0) is 11.2 Å². The van der Waals surface area contributed by atoms with Gasteiger partial charge >= 0.3 is 0 Å².